The van der Waals surface area contributed by atoms with E-state index >= 15 is 0 Å². The molecule has 6 nitrogen and oxygen atoms in total. The van der Waals surface area contributed by atoms with E-state index in [9.17, 15) is 17.6 Å². The molecular weight excluding hydrogens is 287 g/mol. The summed E-state index contributed by atoms with van der Waals surface area (Å²) in [6.07, 6.45) is 2.89. The predicted molar refractivity (Wildman–Crippen MR) is 67.5 cm³/mol. The molecule has 0 spiro atoms. The highest BCUT2D eigenvalue weighted by atomic mass is 32.2. The van der Waals surface area contributed by atoms with Gasteiger partial charge in [0.05, 0.1) is 17.5 Å². The number of rotatable bonds is 4. The second-order valence-electron chi connectivity index (χ2n) is 4.23. The van der Waals surface area contributed by atoms with E-state index in [1.165, 1.54) is 17.1 Å². The molecule has 0 aliphatic carbocycles. The van der Waals surface area contributed by atoms with Gasteiger partial charge in [0.25, 0.3) is 0 Å². The van der Waals surface area contributed by atoms with E-state index in [1.54, 1.807) is 7.05 Å². The zero-order chi connectivity index (χ0) is 14.9. The number of carboxylic acid groups (broad SMARTS) is 1. The van der Waals surface area contributed by atoms with E-state index in [1.807, 2.05) is 0 Å². The SMILES string of the molecule is Cn1cc(CS(=O)(=O)c2ccc(C(=O)O)cc2F)cn1. The predicted octanol–water partition coefficient (Wildman–Crippen LogP) is 1.23. The van der Waals surface area contributed by atoms with E-state index in [2.05, 4.69) is 5.10 Å². The van der Waals surface area contributed by atoms with Crippen LogP contribution in [0.25, 0.3) is 0 Å². The second kappa shape index (κ2) is 5.04. The van der Waals surface area contributed by atoms with Crippen molar-refractivity contribution >= 4 is 15.8 Å². The molecule has 20 heavy (non-hydrogen) atoms. The zero-order valence-electron chi connectivity index (χ0n) is 10.4. The van der Waals surface area contributed by atoms with Gasteiger partial charge in [-0.15, -0.1) is 0 Å². The molecule has 0 radical (unpaired) electrons. The first-order valence-corrected chi connectivity index (χ1v) is 7.18. The summed E-state index contributed by atoms with van der Waals surface area (Å²) >= 11 is 0. The highest BCUT2D eigenvalue weighted by Gasteiger charge is 2.21. The van der Waals surface area contributed by atoms with Gasteiger partial charge in [-0.2, -0.15) is 5.10 Å². The van der Waals surface area contributed by atoms with Gasteiger partial charge in [0, 0.05) is 18.8 Å². The summed E-state index contributed by atoms with van der Waals surface area (Å²) in [7, 11) is -2.26. The molecule has 1 N–H and O–H groups in total. The molecule has 0 aliphatic heterocycles. The summed E-state index contributed by atoms with van der Waals surface area (Å²) < 4.78 is 39.4. The maximum Gasteiger partial charge on any atom is 0.335 e. The lowest BCUT2D eigenvalue weighted by atomic mass is 10.2. The Bertz CT molecular complexity index is 768. The first-order chi connectivity index (χ1) is 9.29. The van der Waals surface area contributed by atoms with Crippen molar-refractivity contribution in [2.45, 2.75) is 10.6 Å². The number of benzene rings is 1. The zero-order valence-corrected chi connectivity index (χ0v) is 11.3. The van der Waals surface area contributed by atoms with E-state index in [4.69, 9.17) is 5.11 Å². The number of sulfone groups is 1. The molecule has 0 aliphatic rings. The number of carbonyl (C=O) groups is 1. The molecule has 106 valence electrons. The largest absolute Gasteiger partial charge is 0.478 e. The molecule has 0 saturated heterocycles. The lowest BCUT2D eigenvalue weighted by molar-refractivity contribution is 0.0696. The number of aryl methyl sites for hydroxylation is 1. The van der Waals surface area contributed by atoms with Crippen LogP contribution in [0.5, 0.6) is 0 Å². The molecule has 0 fully saturated rings. The first-order valence-electron chi connectivity index (χ1n) is 5.53. The fraction of sp³-hybridized carbons (Fsp3) is 0.167. The topological polar surface area (TPSA) is 89.3 Å². The van der Waals surface area contributed by atoms with Crippen molar-refractivity contribution in [1.29, 1.82) is 0 Å². The van der Waals surface area contributed by atoms with Gasteiger partial charge in [0.1, 0.15) is 10.7 Å². The van der Waals surface area contributed by atoms with Crippen LogP contribution in [0.3, 0.4) is 0 Å². The van der Waals surface area contributed by atoms with Crippen LogP contribution in [0.4, 0.5) is 4.39 Å². The van der Waals surface area contributed by atoms with Crippen LogP contribution < -0.4 is 0 Å². The van der Waals surface area contributed by atoms with Crippen LogP contribution in [0, 0.1) is 5.82 Å². The summed E-state index contributed by atoms with van der Waals surface area (Å²) in [5.41, 5.74) is 0.122. The van der Waals surface area contributed by atoms with Crippen LogP contribution in [-0.4, -0.2) is 29.3 Å². The third kappa shape index (κ3) is 2.85. The van der Waals surface area contributed by atoms with Crippen LogP contribution in [0.15, 0.2) is 35.5 Å². The Morgan fingerprint density at radius 2 is 2.15 bits per heavy atom. The Morgan fingerprint density at radius 1 is 1.45 bits per heavy atom. The molecule has 2 aromatic rings. The van der Waals surface area contributed by atoms with Crippen molar-refractivity contribution < 1.29 is 22.7 Å². The van der Waals surface area contributed by atoms with Gasteiger partial charge < -0.3 is 5.11 Å². The highest BCUT2D eigenvalue weighted by molar-refractivity contribution is 7.90. The molecule has 1 aromatic heterocycles. The maximum atomic E-state index is 13.8. The fourth-order valence-corrected chi connectivity index (χ4v) is 3.10. The first kappa shape index (κ1) is 14.2. The Hall–Kier alpha value is -2.22. The van der Waals surface area contributed by atoms with Crippen LogP contribution in [0.1, 0.15) is 15.9 Å². The van der Waals surface area contributed by atoms with Crippen LogP contribution in [-0.2, 0) is 22.6 Å². The van der Waals surface area contributed by atoms with E-state index < -0.39 is 32.3 Å². The van der Waals surface area contributed by atoms with Crippen molar-refractivity contribution in [2.24, 2.45) is 7.05 Å². The summed E-state index contributed by atoms with van der Waals surface area (Å²) in [6, 6.07) is 2.71. The van der Waals surface area contributed by atoms with Gasteiger partial charge in [0.15, 0.2) is 9.84 Å². The van der Waals surface area contributed by atoms with Gasteiger partial charge in [-0.05, 0) is 18.2 Å². The van der Waals surface area contributed by atoms with Gasteiger partial charge in [0.2, 0.25) is 0 Å². The van der Waals surface area contributed by atoms with Gasteiger partial charge >= 0.3 is 5.97 Å². The summed E-state index contributed by atoms with van der Waals surface area (Å²) in [5, 5.41) is 12.5. The maximum absolute atomic E-state index is 13.8. The number of halogens is 1. The average Bonchev–Trinajstić information content (AvgIpc) is 2.73. The lowest BCUT2D eigenvalue weighted by Gasteiger charge is -2.05. The Morgan fingerprint density at radius 3 is 2.65 bits per heavy atom. The minimum Gasteiger partial charge on any atom is -0.478 e. The molecule has 1 heterocycles. The summed E-state index contributed by atoms with van der Waals surface area (Å²) in [6.45, 7) is 0. The van der Waals surface area contributed by atoms with Crippen molar-refractivity contribution in [1.82, 2.24) is 9.78 Å². The Labute approximate surface area is 114 Å². The van der Waals surface area contributed by atoms with Gasteiger partial charge in [-0.1, -0.05) is 0 Å². The minimum absolute atomic E-state index is 0.303. The summed E-state index contributed by atoms with van der Waals surface area (Å²) in [4.78, 5) is 10.2. The number of aromatic carboxylic acids is 1. The number of nitrogens with zero attached hydrogens (tertiary/aromatic N) is 2. The van der Waals surface area contributed by atoms with Crippen molar-refractivity contribution in [3.8, 4) is 0 Å². The molecule has 0 saturated carbocycles. The third-order valence-electron chi connectivity index (χ3n) is 2.63. The fourth-order valence-electron chi connectivity index (χ4n) is 1.73. The molecule has 8 heteroatoms. The number of aromatic nitrogens is 2. The lowest BCUT2D eigenvalue weighted by Crippen LogP contribution is -2.08. The quantitative estimate of drug-likeness (QED) is 0.917. The van der Waals surface area contributed by atoms with Gasteiger partial charge in [-0.3, -0.25) is 4.68 Å². The Kier molecular flexibility index (Phi) is 3.58. The van der Waals surface area contributed by atoms with Gasteiger partial charge in [-0.25, -0.2) is 17.6 Å². The van der Waals surface area contributed by atoms with Crippen molar-refractivity contribution in [3.05, 3.63) is 47.5 Å². The van der Waals surface area contributed by atoms with E-state index in [0.29, 0.717) is 11.6 Å². The number of carboxylic acids is 1. The van der Waals surface area contributed by atoms with E-state index in [0.717, 1.165) is 12.1 Å². The molecule has 2 rings (SSSR count). The summed E-state index contributed by atoms with van der Waals surface area (Å²) in [5.74, 6) is -2.79. The molecule has 1 aromatic carbocycles. The van der Waals surface area contributed by atoms with E-state index in [-0.39, 0.29) is 5.56 Å². The second-order valence-corrected chi connectivity index (χ2v) is 6.19. The number of hydrogen-bond acceptors (Lipinski definition) is 4. The molecule has 0 atom stereocenters. The highest BCUT2D eigenvalue weighted by Crippen LogP contribution is 2.20. The van der Waals surface area contributed by atoms with Crippen LogP contribution >= 0.6 is 0 Å². The van der Waals surface area contributed by atoms with Crippen LogP contribution in [0.2, 0.25) is 0 Å². The minimum atomic E-state index is -3.89. The smallest absolute Gasteiger partial charge is 0.335 e. The molecule has 0 amide bonds. The normalized spacial score (nSPS) is 11.5. The third-order valence-corrected chi connectivity index (χ3v) is 4.34. The average molecular weight is 298 g/mol. The Balaban J connectivity index is 2.37. The monoisotopic (exact) mass is 298 g/mol. The molecular formula is C12H11FN2O4S. The van der Waals surface area contributed by atoms with Crippen molar-refractivity contribution in [3.63, 3.8) is 0 Å². The molecule has 0 bridgehead atoms. The van der Waals surface area contributed by atoms with Crippen molar-refractivity contribution in [2.75, 3.05) is 0 Å². The number of hydrogen-bond donors (Lipinski definition) is 1. The molecule has 0 unspecified atom stereocenters. The standard InChI is InChI=1S/C12H11FN2O4S/c1-15-6-8(5-14-15)7-20(18,19)11-3-2-9(12(16)17)4-10(11)13/h2-6H,7H2,1H3,(H,16,17).